The number of thiocarbonyl (C=S) groups is 1. The first-order valence-electron chi connectivity index (χ1n) is 8.84. The molecule has 1 aliphatic rings. The van der Waals surface area contributed by atoms with Crippen LogP contribution in [0.1, 0.15) is 11.1 Å². The van der Waals surface area contributed by atoms with Crippen LogP contribution in [0.4, 0.5) is 5.69 Å². The van der Waals surface area contributed by atoms with Crippen LogP contribution in [0.15, 0.2) is 60.7 Å². The first-order chi connectivity index (χ1) is 13.9. The van der Waals surface area contributed by atoms with Crippen LogP contribution in [0.2, 0.25) is 0 Å². The molecule has 6 nitrogen and oxygen atoms in total. The highest BCUT2D eigenvalue weighted by atomic mass is 32.1. The zero-order chi connectivity index (χ0) is 21.0. The molecule has 0 spiro atoms. The average molecular weight is 408 g/mol. The number of rotatable bonds is 6. The molecular formula is C22H20N2O4S. The van der Waals surface area contributed by atoms with Crippen LogP contribution in [0.25, 0.3) is 6.08 Å². The van der Waals surface area contributed by atoms with E-state index >= 15 is 0 Å². The molecule has 2 aromatic rings. The van der Waals surface area contributed by atoms with Crippen molar-refractivity contribution in [1.82, 2.24) is 5.32 Å². The van der Waals surface area contributed by atoms with Gasteiger partial charge in [-0.2, -0.15) is 0 Å². The lowest BCUT2D eigenvalue weighted by Gasteiger charge is -2.29. The minimum atomic E-state index is -0.547. The molecule has 29 heavy (non-hydrogen) atoms. The summed E-state index contributed by atoms with van der Waals surface area (Å²) in [6.45, 7) is 5.89. The van der Waals surface area contributed by atoms with Gasteiger partial charge in [-0.25, -0.2) is 0 Å². The van der Waals surface area contributed by atoms with Gasteiger partial charge in [-0.05, 0) is 55.0 Å². The van der Waals surface area contributed by atoms with E-state index in [4.69, 9.17) is 21.7 Å². The van der Waals surface area contributed by atoms with Gasteiger partial charge < -0.3 is 9.47 Å². The molecule has 0 aromatic heterocycles. The lowest BCUT2D eigenvalue weighted by Crippen LogP contribution is -2.54. The Labute approximate surface area is 174 Å². The Bertz CT molecular complexity index is 1010. The number of carbonyl (C=O) groups excluding carboxylic acids is 2. The quantitative estimate of drug-likeness (QED) is 0.343. The van der Waals surface area contributed by atoms with Crippen LogP contribution in [0.5, 0.6) is 11.5 Å². The molecule has 0 unspecified atom stereocenters. The number of ether oxygens (including phenoxy) is 2. The molecule has 1 saturated heterocycles. The van der Waals surface area contributed by atoms with Gasteiger partial charge in [0.05, 0.1) is 12.8 Å². The van der Waals surface area contributed by atoms with E-state index in [1.807, 2.05) is 19.1 Å². The molecule has 0 saturated carbocycles. The van der Waals surface area contributed by atoms with E-state index < -0.39 is 11.8 Å². The number of nitrogens with one attached hydrogen (secondary N) is 1. The number of hydrogen-bond acceptors (Lipinski definition) is 5. The van der Waals surface area contributed by atoms with E-state index in [-0.39, 0.29) is 10.7 Å². The maximum absolute atomic E-state index is 13.0. The molecule has 0 radical (unpaired) electrons. The van der Waals surface area contributed by atoms with Crippen molar-refractivity contribution < 1.29 is 19.1 Å². The highest BCUT2D eigenvalue weighted by Gasteiger charge is 2.34. The predicted molar refractivity (Wildman–Crippen MR) is 116 cm³/mol. The third-order valence-corrected chi connectivity index (χ3v) is 4.53. The normalized spacial score (nSPS) is 15.3. The first-order valence-corrected chi connectivity index (χ1v) is 9.25. The molecule has 2 aromatic carbocycles. The first kappa shape index (κ1) is 20.3. The molecule has 3 rings (SSSR count). The Morgan fingerprint density at radius 3 is 2.52 bits per heavy atom. The molecule has 1 fully saturated rings. The zero-order valence-electron chi connectivity index (χ0n) is 16.1. The van der Waals surface area contributed by atoms with Gasteiger partial charge >= 0.3 is 0 Å². The maximum Gasteiger partial charge on any atom is 0.270 e. The topological polar surface area (TPSA) is 67.9 Å². The zero-order valence-corrected chi connectivity index (χ0v) is 16.9. The average Bonchev–Trinajstić information content (AvgIpc) is 2.71. The van der Waals surface area contributed by atoms with E-state index in [0.29, 0.717) is 29.4 Å². The molecule has 0 bridgehead atoms. The van der Waals surface area contributed by atoms with Crippen molar-refractivity contribution in [2.45, 2.75) is 6.92 Å². The summed E-state index contributed by atoms with van der Waals surface area (Å²) in [5.41, 5.74) is 2.22. The van der Waals surface area contributed by atoms with Gasteiger partial charge in [-0.15, -0.1) is 0 Å². The third-order valence-electron chi connectivity index (χ3n) is 4.25. The maximum atomic E-state index is 13.0. The highest BCUT2D eigenvalue weighted by Crippen LogP contribution is 2.30. The summed E-state index contributed by atoms with van der Waals surface area (Å²) in [6.07, 6.45) is 3.13. The van der Waals surface area contributed by atoms with Crippen molar-refractivity contribution in [2.75, 3.05) is 18.6 Å². The number of carbonyl (C=O) groups is 2. The number of amides is 2. The second-order valence-corrected chi connectivity index (χ2v) is 6.69. The van der Waals surface area contributed by atoms with E-state index in [0.717, 1.165) is 5.56 Å². The Hall–Kier alpha value is -3.45. The Morgan fingerprint density at radius 2 is 1.86 bits per heavy atom. The summed E-state index contributed by atoms with van der Waals surface area (Å²) < 4.78 is 10.9. The minimum absolute atomic E-state index is 0.0269. The van der Waals surface area contributed by atoms with Crippen molar-refractivity contribution >= 4 is 40.9 Å². The van der Waals surface area contributed by atoms with Gasteiger partial charge in [0.15, 0.2) is 16.6 Å². The summed E-state index contributed by atoms with van der Waals surface area (Å²) in [5.74, 6) is -0.0184. The predicted octanol–water partition coefficient (Wildman–Crippen LogP) is 3.40. The fraction of sp³-hybridized carbons (Fsp3) is 0.136. The van der Waals surface area contributed by atoms with Crippen LogP contribution in [-0.4, -0.2) is 30.6 Å². The van der Waals surface area contributed by atoms with Gasteiger partial charge in [0.1, 0.15) is 12.2 Å². The molecule has 0 aliphatic carbocycles. The fourth-order valence-corrected chi connectivity index (χ4v) is 3.08. The van der Waals surface area contributed by atoms with Gasteiger partial charge in [0.25, 0.3) is 11.8 Å². The van der Waals surface area contributed by atoms with Crippen molar-refractivity contribution in [3.63, 3.8) is 0 Å². The SMILES string of the molecule is C=CCOc1ccc(C=C2C(=O)NC(=S)N(c3ccc(C)cc3)C2=O)cc1OC. The fourth-order valence-electron chi connectivity index (χ4n) is 2.79. The molecule has 1 heterocycles. The van der Waals surface area contributed by atoms with E-state index in [1.54, 1.807) is 36.4 Å². The molecule has 148 valence electrons. The Balaban J connectivity index is 1.96. The van der Waals surface area contributed by atoms with Crippen LogP contribution in [0, 0.1) is 6.92 Å². The second-order valence-electron chi connectivity index (χ2n) is 6.30. The summed E-state index contributed by atoms with van der Waals surface area (Å²) in [7, 11) is 1.52. The van der Waals surface area contributed by atoms with Crippen molar-refractivity contribution in [1.29, 1.82) is 0 Å². The summed E-state index contributed by atoms with van der Waals surface area (Å²) in [5, 5.41) is 2.62. The monoisotopic (exact) mass is 408 g/mol. The van der Waals surface area contributed by atoms with Gasteiger partial charge in [0.2, 0.25) is 0 Å². The number of hydrogen-bond donors (Lipinski definition) is 1. The van der Waals surface area contributed by atoms with E-state index in [9.17, 15) is 9.59 Å². The molecule has 0 atom stereocenters. The summed E-state index contributed by atoms with van der Waals surface area (Å²) in [4.78, 5) is 26.8. The van der Waals surface area contributed by atoms with E-state index in [1.165, 1.54) is 18.1 Å². The van der Waals surface area contributed by atoms with Crippen molar-refractivity contribution in [3.8, 4) is 11.5 Å². The summed E-state index contributed by atoms with van der Waals surface area (Å²) >= 11 is 5.21. The number of anilines is 1. The van der Waals surface area contributed by atoms with Gasteiger partial charge in [-0.1, -0.05) is 36.4 Å². The Morgan fingerprint density at radius 1 is 1.14 bits per heavy atom. The largest absolute Gasteiger partial charge is 0.493 e. The molecule has 2 amide bonds. The van der Waals surface area contributed by atoms with Crippen LogP contribution >= 0.6 is 12.2 Å². The highest BCUT2D eigenvalue weighted by molar-refractivity contribution is 7.80. The van der Waals surface area contributed by atoms with Crippen molar-refractivity contribution in [3.05, 3.63) is 71.8 Å². The molecule has 1 aliphatic heterocycles. The number of aryl methyl sites for hydroxylation is 1. The van der Waals surface area contributed by atoms with Crippen LogP contribution in [-0.2, 0) is 9.59 Å². The number of nitrogens with zero attached hydrogens (tertiary/aromatic N) is 1. The number of benzene rings is 2. The lowest BCUT2D eigenvalue weighted by atomic mass is 10.1. The second kappa shape index (κ2) is 8.70. The minimum Gasteiger partial charge on any atom is -0.493 e. The molecule has 1 N–H and O–H groups in total. The third kappa shape index (κ3) is 4.35. The van der Waals surface area contributed by atoms with E-state index in [2.05, 4.69) is 11.9 Å². The van der Waals surface area contributed by atoms with Crippen LogP contribution < -0.4 is 19.7 Å². The van der Waals surface area contributed by atoms with Crippen LogP contribution in [0.3, 0.4) is 0 Å². The lowest BCUT2D eigenvalue weighted by molar-refractivity contribution is -0.122. The number of methoxy groups -OCH3 is 1. The van der Waals surface area contributed by atoms with Gasteiger partial charge in [-0.3, -0.25) is 19.8 Å². The van der Waals surface area contributed by atoms with Gasteiger partial charge in [0, 0.05) is 0 Å². The smallest absolute Gasteiger partial charge is 0.270 e. The molecular weight excluding hydrogens is 388 g/mol. The Kier molecular flexibility index (Phi) is 6.09. The summed E-state index contributed by atoms with van der Waals surface area (Å²) in [6, 6.07) is 12.4. The van der Waals surface area contributed by atoms with Crippen molar-refractivity contribution in [2.24, 2.45) is 0 Å². The standard InChI is InChI=1S/C22H20N2O4S/c1-4-11-28-18-10-7-15(13-19(18)27-3)12-17-20(25)23-22(29)24(21(17)26)16-8-5-14(2)6-9-16/h4-10,12-13H,1,11H2,2-3H3,(H,23,25,29). The molecule has 7 heteroatoms.